The van der Waals surface area contributed by atoms with Crippen LogP contribution in [0.1, 0.15) is 56.2 Å². The Balaban J connectivity index is 1.57. The Morgan fingerprint density at radius 1 is 1.05 bits per heavy atom. The van der Waals surface area contributed by atoms with E-state index in [2.05, 4.69) is 27.0 Å². The van der Waals surface area contributed by atoms with Gasteiger partial charge in [-0.3, -0.25) is 0 Å². The molecule has 0 amide bonds. The molecule has 1 aromatic rings. The summed E-state index contributed by atoms with van der Waals surface area (Å²) >= 11 is 0. The van der Waals surface area contributed by atoms with Gasteiger partial charge in [-0.05, 0) is 68.6 Å². The fourth-order valence-corrected chi connectivity index (χ4v) is 6.32. The molecule has 4 saturated carbocycles. The van der Waals surface area contributed by atoms with Crippen LogP contribution in [0.25, 0.3) is 0 Å². The fourth-order valence-electron chi connectivity index (χ4n) is 6.32. The summed E-state index contributed by atoms with van der Waals surface area (Å²) in [7, 11) is 0. The molecule has 5 aliphatic rings. The molecule has 0 saturated heterocycles. The molecule has 6 rings (SSSR count). The summed E-state index contributed by atoms with van der Waals surface area (Å²) in [4.78, 5) is 0. The number of fused-ring (bicyclic) bond motifs is 1. The van der Waals surface area contributed by atoms with Crippen LogP contribution in [0.5, 0.6) is 0 Å². The van der Waals surface area contributed by atoms with E-state index in [1.54, 1.807) is 0 Å². The number of hydrogen-bond acceptors (Lipinski definition) is 3. The number of aryl methyl sites for hydroxylation is 1. The average Bonchev–Trinajstić information content (AvgIpc) is 2.79. The van der Waals surface area contributed by atoms with Crippen molar-refractivity contribution in [1.82, 2.24) is 20.1 Å². The normalized spacial score (nSPS) is 45.6. The van der Waals surface area contributed by atoms with Crippen LogP contribution in [0.4, 0.5) is 0 Å². The maximum atomic E-state index is 4.55. The lowest BCUT2D eigenvalue weighted by atomic mass is 9.47. The smallest absolute Gasteiger partial charge is 0.150 e. The van der Waals surface area contributed by atoms with Crippen LogP contribution in [-0.2, 0) is 6.54 Å². The highest BCUT2D eigenvalue weighted by Crippen LogP contribution is 2.64. The minimum atomic E-state index is 0.464. The third-order valence-electron chi connectivity index (χ3n) is 6.60. The monoisotopic (exact) mass is 272 g/mol. The minimum Gasteiger partial charge on any atom is -0.313 e. The van der Waals surface area contributed by atoms with Crippen molar-refractivity contribution in [2.75, 3.05) is 6.54 Å². The van der Waals surface area contributed by atoms with Crippen molar-refractivity contribution < 1.29 is 0 Å². The molecular weight excluding hydrogens is 248 g/mol. The van der Waals surface area contributed by atoms with Crippen molar-refractivity contribution in [3.8, 4) is 0 Å². The fraction of sp³-hybridized carbons (Fsp3) is 0.875. The van der Waals surface area contributed by atoms with Crippen molar-refractivity contribution >= 4 is 0 Å². The molecule has 4 bridgehead atoms. The first kappa shape index (κ1) is 11.7. The highest BCUT2D eigenvalue weighted by molar-refractivity contribution is 5.14. The Hall–Kier alpha value is -0.900. The second kappa shape index (κ2) is 3.85. The Kier molecular flexibility index (Phi) is 2.25. The van der Waals surface area contributed by atoms with E-state index in [0.717, 1.165) is 36.7 Å². The van der Waals surface area contributed by atoms with Crippen molar-refractivity contribution in [2.45, 2.75) is 58.0 Å². The molecule has 4 fully saturated rings. The van der Waals surface area contributed by atoms with Gasteiger partial charge in [0.1, 0.15) is 5.82 Å². The van der Waals surface area contributed by atoms with E-state index >= 15 is 0 Å². The molecule has 0 spiro atoms. The Morgan fingerprint density at radius 2 is 1.70 bits per heavy atom. The second-order valence-corrected chi connectivity index (χ2v) is 7.92. The van der Waals surface area contributed by atoms with Crippen LogP contribution in [0.3, 0.4) is 0 Å². The first-order valence-electron chi connectivity index (χ1n) is 8.37. The summed E-state index contributed by atoms with van der Waals surface area (Å²) in [5, 5.41) is 12.7. The largest absolute Gasteiger partial charge is 0.313 e. The van der Waals surface area contributed by atoms with Crippen LogP contribution in [0.2, 0.25) is 0 Å². The molecule has 108 valence electrons. The Labute approximate surface area is 120 Å². The molecule has 1 N–H and O–H groups in total. The van der Waals surface area contributed by atoms with Gasteiger partial charge in [0.25, 0.3) is 0 Å². The number of hydrogen-bond donors (Lipinski definition) is 1. The highest BCUT2D eigenvalue weighted by Gasteiger charge is 2.55. The summed E-state index contributed by atoms with van der Waals surface area (Å²) in [5.41, 5.74) is 0.492. The van der Waals surface area contributed by atoms with Crippen molar-refractivity contribution in [3.05, 3.63) is 11.6 Å². The highest BCUT2D eigenvalue weighted by atomic mass is 15.3. The number of nitrogens with zero attached hydrogens (tertiary/aromatic N) is 3. The van der Waals surface area contributed by atoms with Gasteiger partial charge in [-0.25, -0.2) is 0 Å². The topological polar surface area (TPSA) is 42.7 Å². The molecule has 0 aromatic carbocycles. The molecule has 20 heavy (non-hydrogen) atoms. The van der Waals surface area contributed by atoms with Crippen LogP contribution in [0, 0.1) is 30.1 Å². The van der Waals surface area contributed by atoms with Gasteiger partial charge in [-0.15, -0.1) is 10.2 Å². The summed E-state index contributed by atoms with van der Waals surface area (Å²) in [6, 6.07) is 0.464. The third kappa shape index (κ3) is 1.46. The van der Waals surface area contributed by atoms with Gasteiger partial charge < -0.3 is 9.88 Å². The van der Waals surface area contributed by atoms with Crippen LogP contribution in [0.15, 0.2) is 0 Å². The summed E-state index contributed by atoms with van der Waals surface area (Å²) < 4.78 is 2.36. The van der Waals surface area contributed by atoms with Crippen LogP contribution in [-0.4, -0.2) is 21.3 Å². The zero-order valence-corrected chi connectivity index (χ0v) is 12.3. The molecule has 4 nitrogen and oxygen atoms in total. The maximum absolute atomic E-state index is 4.55. The maximum Gasteiger partial charge on any atom is 0.150 e. The van der Waals surface area contributed by atoms with Crippen molar-refractivity contribution in [1.29, 1.82) is 0 Å². The molecule has 4 aliphatic carbocycles. The Bertz CT molecular complexity index is 511. The summed E-state index contributed by atoms with van der Waals surface area (Å²) in [6.45, 7) is 4.22. The SMILES string of the molecule is Cc1nnc2n1CCNC2C12CC3CC(CC(C3)C1)C2. The van der Waals surface area contributed by atoms with E-state index in [-0.39, 0.29) is 0 Å². The molecule has 4 heteroatoms. The lowest BCUT2D eigenvalue weighted by molar-refractivity contribution is -0.0791. The average molecular weight is 272 g/mol. The first-order chi connectivity index (χ1) is 9.73. The summed E-state index contributed by atoms with van der Waals surface area (Å²) in [6.07, 6.45) is 8.83. The molecule has 0 radical (unpaired) electrons. The van der Waals surface area contributed by atoms with Crippen molar-refractivity contribution in [3.63, 3.8) is 0 Å². The van der Waals surface area contributed by atoms with Gasteiger partial charge in [-0.2, -0.15) is 0 Å². The molecule has 1 unspecified atom stereocenters. The van der Waals surface area contributed by atoms with Gasteiger partial charge >= 0.3 is 0 Å². The predicted molar refractivity (Wildman–Crippen MR) is 76.1 cm³/mol. The van der Waals surface area contributed by atoms with E-state index in [1.807, 2.05) is 0 Å². The molecule has 2 heterocycles. The van der Waals surface area contributed by atoms with E-state index in [1.165, 1.54) is 44.3 Å². The van der Waals surface area contributed by atoms with Crippen LogP contribution >= 0.6 is 0 Å². The van der Waals surface area contributed by atoms with E-state index in [9.17, 15) is 0 Å². The number of rotatable bonds is 1. The van der Waals surface area contributed by atoms with Gasteiger partial charge in [0.05, 0.1) is 6.04 Å². The summed E-state index contributed by atoms with van der Waals surface area (Å²) in [5.74, 6) is 5.33. The standard InChI is InChI=1S/C16H24N4/c1-10-18-19-15-14(17-2-3-20(10)15)16-7-11-4-12(8-16)6-13(5-11)9-16/h11-14,17H,2-9H2,1H3. The molecule has 1 aromatic heterocycles. The van der Waals surface area contributed by atoms with Gasteiger partial charge in [-0.1, -0.05) is 0 Å². The van der Waals surface area contributed by atoms with Crippen LogP contribution < -0.4 is 5.32 Å². The van der Waals surface area contributed by atoms with Gasteiger partial charge in [0.2, 0.25) is 0 Å². The van der Waals surface area contributed by atoms with E-state index < -0.39 is 0 Å². The lowest BCUT2D eigenvalue weighted by Gasteiger charge is -2.59. The Morgan fingerprint density at radius 3 is 2.35 bits per heavy atom. The van der Waals surface area contributed by atoms with Gasteiger partial charge in [0.15, 0.2) is 5.82 Å². The minimum absolute atomic E-state index is 0.464. The third-order valence-corrected chi connectivity index (χ3v) is 6.60. The van der Waals surface area contributed by atoms with E-state index in [0.29, 0.717) is 11.5 Å². The first-order valence-corrected chi connectivity index (χ1v) is 8.37. The van der Waals surface area contributed by atoms with Gasteiger partial charge in [0, 0.05) is 13.1 Å². The zero-order chi connectivity index (χ0) is 13.3. The molecular formula is C16H24N4. The molecule has 1 aliphatic heterocycles. The molecule has 1 atom stereocenters. The second-order valence-electron chi connectivity index (χ2n) is 7.92. The zero-order valence-electron chi connectivity index (χ0n) is 12.3. The number of nitrogens with one attached hydrogen (secondary N) is 1. The van der Waals surface area contributed by atoms with E-state index in [4.69, 9.17) is 0 Å². The number of aromatic nitrogens is 3. The quantitative estimate of drug-likeness (QED) is 0.854. The van der Waals surface area contributed by atoms with Crippen molar-refractivity contribution in [2.24, 2.45) is 23.2 Å². The lowest BCUT2D eigenvalue weighted by Crippen LogP contribution is -2.54. The predicted octanol–water partition coefficient (Wildman–Crippen LogP) is 2.45.